The van der Waals surface area contributed by atoms with Gasteiger partial charge in [-0.25, -0.2) is 0 Å². The van der Waals surface area contributed by atoms with Gasteiger partial charge in [0.1, 0.15) is 0 Å². The third-order valence-electron chi connectivity index (χ3n) is 2.86. The lowest BCUT2D eigenvalue weighted by molar-refractivity contribution is 0.640. The van der Waals surface area contributed by atoms with Gasteiger partial charge in [-0.1, -0.05) is 11.6 Å². The molecule has 1 atom stereocenters. The van der Waals surface area contributed by atoms with Crippen molar-refractivity contribution in [3.63, 3.8) is 0 Å². The molecule has 0 saturated carbocycles. The summed E-state index contributed by atoms with van der Waals surface area (Å²) >= 11 is 6.91. The molecule has 1 aliphatic carbocycles. The Morgan fingerprint density at radius 3 is 2.75 bits per heavy atom. The average Bonchev–Trinajstić information content (AvgIpc) is 2.29. The van der Waals surface area contributed by atoms with E-state index >= 15 is 0 Å². The fourth-order valence-corrected chi connectivity index (χ4v) is 3.21. The second-order valence-corrected chi connectivity index (χ2v) is 5.79. The third kappa shape index (κ3) is 2.73. The van der Waals surface area contributed by atoms with Crippen LogP contribution in [-0.2, 0) is 0 Å². The van der Waals surface area contributed by atoms with Gasteiger partial charge in [-0.3, -0.25) is 4.98 Å². The van der Waals surface area contributed by atoms with Crippen LogP contribution in [0.25, 0.3) is 0 Å². The first-order valence-electron chi connectivity index (χ1n) is 5.44. The van der Waals surface area contributed by atoms with Gasteiger partial charge >= 0.3 is 0 Å². The van der Waals surface area contributed by atoms with E-state index in [1.807, 2.05) is 6.07 Å². The Morgan fingerprint density at radius 1 is 1.31 bits per heavy atom. The van der Waals surface area contributed by atoms with E-state index in [1.165, 1.54) is 18.4 Å². The molecular weight excluding hydrogens is 332 g/mol. The van der Waals surface area contributed by atoms with Gasteiger partial charge in [-0.15, -0.1) is 0 Å². The zero-order valence-electron chi connectivity index (χ0n) is 8.92. The van der Waals surface area contributed by atoms with Gasteiger partial charge < -0.3 is 5.73 Å². The van der Waals surface area contributed by atoms with Crippen molar-refractivity contribution >= 4 is 31.9 Å². The van der Waals surface area contributed by atoms with E-state index < -0.39 is 0 Å². The zero-order valence-corrected chi connectivity index (χ0v) is 12.1. The monoisotopic (exact) mass is 344 g/mol. The van der Waals surface area contributed by atoms with E-state index in [1.54, 1.807) is 6.20 Å². The highest BCUT2D eigenvalue weighted by Gasteiger charge is 2.17. The predicted octanol–water partition coefficient (Wildman–Crippen LogP) is 4.11. The first kappa shape index (κ1) is 12.3. The predicted molar refractivity (Wildman–Crippen MR) is 73.1 cm³/mol. The van der Waals surface area contributed by atoms with Crippen LogP contribution in [-0.4, -0.2) is 4.98 Å². The first-order chi connectivity index (χ1) is 7.68. The Balaban J connectivity index is 2.26. The van der Waals surface area contributed by atoms with Crippen LogP contribution in [0.2, 0.25) is 0 Å². The molecule has 1 unspecified atom stereocenters. The summed E-state index contributed by atoms with van der Waals surface area (Å²) < 4.78 is 1.94. The van der Waals surface area contributed by atoms with E-state index in [0.717, 1.165) is 27.5 Å². The van der Waals surface area contributed by atoms with Crippen LogP contribution in [0.15, 0.2) is 32.9 Å². The van der Waals surface area contributed by atoms with Gasteiger partial charge in [0.15, 0.2) is 0 Å². The Bertz CT molecular complexity index is 415. The van der Waals surface area contributed by atoms with E-state index in [2.05, 4.69) is 42.9 Å². The molecule has 0 aliphatic heterocycles. The number of aromatic nitrogens is 1. The molecule has 2 N–H and O–H groups in total. The topological polar surface area (TPSA) is 38.9 Å². The van der Waals surface area contributed by atoms with E-state index in [0.29, 0.717) is 0 Å². The van der Waals surface area contributed by atoms with Crippen LogP contribution >= 0.6 is 31.9 Å². The highest BCUT2D eigenvalue weighted by Crippen LogP contribution is 2.31. The maximum atomic E-state index is 6.24. The van der Waals surface area contributed by atoms with Crippen LogP contribution in [0.5, 0.6) is 0 Å². The van der Waals surface area contributed by atoms with Crippen molar-refractivity contribution in [2.24, 2.45) is 5.73 Å². The fraction of sp³-hybridized carbons (Fsp3) is 0.417. The molecule has 4 heteroatoms. The molecule has 0 spiro atoms. The van der Waals surface area contributed by atoms with Crippen molar-refractivity contribution in [3.05, 3.63) is 38.6 Å². The lowest BCUT2D eigenvalue weighted by atomic mass is 9.92. The number of nitrogens with zero attached hydrogens (tertiary/aromatic N) is 1. The number of pyridine rings is 1. The quantitative estimate of drug-likeness (QED) is 0.819. The molecule has 16 heavy (non-hydrogen) atoms. The normalized spacial score (nSPS) is 18.1. The van der Waals surface area contributed by atoms with Gasteiger partial charge in [0.25, 0.3) is 0 Å². The maximum absolute atomic E-state index is 6.24. The van der Waals surface area contributed by atoms with Crippen molar-refractivity contribution in [1.29, 1.82) is 0 Å². The third-order valence-corrected chi connectivity index (χ3v) is 3.93. The smallest absolute Gasteiger partial charge is 0.0755 e. The van der Waals surface area contributed by atoms with Crippen molar-refractivity contribution < 1.29 is 0 Å². The lowest BCUT2D eigenvalue weighted by Gasteiger charge is -2.20. The summed E-state index contributed by atoms with van der Waals surface area (Å²) in [7, 11) is 0. The summed E-state index contributed by atoms with van der Waals surface area (Å²) in [5, 5.41) is 0. The number of hydrogen-bond acceptors (Lipinski definition) is 2. The van der Waals surface area contributed by atoms with Crippen molar-refractivity contribution in [2.45, 2.75) is 31.7 Å². The van der Waals surface area contributed by atoms with Gasteiger partial charge in [-0.05, 0) is 63.6 Å². The molecule has 0 saturated heterocycles. The average molecular weight is 346 g/mol. The van der Waals surface area contributed by atoms with Crippen LogP contribution in [0.4, 0.5) is 0 Å². The minimum absolute atomic E-state index is 0.0669. The van der Waals surface area contributed by atoms with Crippen molar-refractivity contribution in [1.82, 2.24) is 4.98 Å². The number of halogens is 2. The minimum atomic E-state index is -0.0669. The van der Waals surface area contributed by atoms with Crippen LogP contribution < -0.4 is 5.73 Å². The maximum Gasteiger partial charge on any atom is 0.0755 e. The Labute approximate surface area is 113 Å². The Morgan fingerprint density at radius 2 is 2.12 bits per heavy atom. The van der Waals surface area contributed by atoms with E-state index in [-0.39, 0.29) is 6.04 Å². The molecule has 0 bridgehead atoms. The molecular formula is C12H14Br2N2. The van der Waals surface area contributed by atoms with E-state index in [9.17, 15) is 0 Å². The Hall–Kier alpha value is -0.190. The van der Waals surface area contributed by atoms with Gasteiger partial charge in [0.2, 0.25) is 0 Å². The zero-order chi connectivity index (χ0) is 11.5. The molecule has 1 heterocycles. The first-order valence-corrected chi connectivity index (χ1v) is 7.02. The largest absolute Gasteiger partial charge is 0.319 e. The molecule has 2 rings (SSSR count). The Kier molecular flexibility index (Phi) is 4.16. The van der Waals surface area contributed by atoms with Gasteiger partial charge in [0.05, 0.1) is 11.7 Å². The summed E-state index contributed by atoms with van der Waals surface area (Å²) in [6, 6.07) is 1.92. The van der Waals surface area contributed by atoms with Crippen molar-refractivity contribution in [2.75, 3.05) is 0 Å². The molecule has 0 radical (unpaired) electrons. The van der Waals surface area contributed by atoms with Gasteiger partial charge in [0, 0.05) is 15.1 Å². The second-order valence-electron chi connectivity index (χ2n) is 4.02. The van der Waals surface area contributed by atoms with Crippen molar-refractivity contribution in [3.8, 4) is 0 Å². The van der Waals surface area contributed by atoms with Crippen LogP contribution in [0, 0.1) is 0 Å². The summed E-state index contributed by atoms with van der Waals surface area (Å²) in [5.41, 5.74) is 8.49. The molecule has 86 valence electrons. The molecule has 0 amide bonds. The molecule has 1 aromatic rings. The highest BCUT2D eigenvalue weighted by atomic mass is 79.9. The number of allylic oxidation sites excluding steroid dienone is 1. The molecule has 1 aliphatic rings. The second kappa shape index (κ2) is 5.43. The molecule has 1 aromatic heterocycles. The minimum Gasteiger partial charge on any atom is -0.319 e. The summed E-state index contributed by atoms with van der Waals surface area (Å²) in [5.74, 6) is 0. The summed E-state index contributed by atoms with van der Waals surface area (Å²) in [6.45, 7) is 0. The number of nitrogens with two attached hydrogens (primary N) is 1. The number of hydrogen-bond donors (Lipinski definition) is 1. The van der Waals surface area contributed by atoms with Gasteiger partial charge in [-0.2, -0.15) is 0 Å². The summed E-state index contributed by atoms with van der Waals surface area (Å²) in [6.07, 6.45) is 8.84. The molecule has 0 fully saturated rings. The molecule has 2 nitrogen and oxygen atoms in total. The SMILES string of the molecule is NC(C1=CCCCC1)c1ncc(Br)cc1Br. The fourth-order valence-electron chi connectivity index (χ4n) is 1.98. The summed E-state index contributed by atoms with van der Waals surface area (Å²) in [4.78, 5) is 4.39. The van der Waals surface area contributed by atoms with Crippen LogP contribution in [0.3, 0.4) is 0 Å². The standard InChI is InChI=1S/C12H14Br2N2/c13-9-6-10(14)12(16-7-9)11(15)8-4-2-1-3-5-8/h4,6-7,11H,1-3,5,15H2. The number of rotatable bonds is 2. The van der Waals surface area contributed by atoms with E-state index in [4.69, 9.17) is 5.73 Å². The highest BCUT2D eigenvalue weighted by molar-refractivity contribution is 9.11. The van der Waals surface area contributed by atoms with Crippen LogP contribution in [0.1, 0.15) is 37.4 Å². The molecule has 0 aromatic carbocycles. The lowest BCUT2D eigenvalue weighted by Crippen LogP contribution is -2.16.